The molecule has 0 aromatic carbocycles. The van der Waals surface area contributed by atoms with E-state index in [1.165, 1.54) is 49.8 Å². The molecule has 0 amide bonds. The molecule has 0 radical (unpaired) electrons. The van der Waals surface area contributed by atoms with Crippen molar-refractivity contribution in [2.45, 2.75) is 84.3 Å². The monoisotopic (exact) mass is 399 g/mol. The van der Waals surface area contributed by atoms with Gasteiger partial charge < -0.3 is 10.1 Å². The maximum Gasteiger partial charge on any atom is 0.310 e. The lowest BCUT2D eigenvalue weighted by Crippen LogP contribution is -2.69. The third-order valence-corrected chi connectivity index (χ3v) is 7.22. The van der Waals surface area contributed by atoms with Crippen LogP contribution < -0.4 is 10.6 Å². The Morgan fingerprint density at radius 3 is 2.97 bits per heavy atom. The average Bonchev–Trinajstić information content (AvgIpc) is 2.70. The van der Waals surface area contributed by atoms with Crippen LogP contribution in [0, 0.1) is 17.3 Å². The number of esters is 1. The molecule has 1 aliphatic carbocycles. The van der Waals surface area contributed by atoms with Crippen LogP contribution in [0.4, 0.5) is 5.82 Å². The number of carbonyl (C=O) groups is 1. The fourth-order valence-corrected chi connectivity index (χ4v) is 5.20. The Bertz CT molecular complexity index is 714. The van der Waals surface area contributed by atoms with Crippen molar-refractivity contribution in [3.8, 4) is 0 Å². The van der Waals surface area contributed by atoms with Crippen molar-refractivity contribution in [3.63, 3.8) is 0 Å². The number of nitrogens with zero attached hydrogens (tertiary/aromatic N) is 1. The number of hydrogen-bond donors (Lipinski definition) is 2. The minimum absolute atomic E-state index is 0.0144. The molecule has 1 aromatic rings. The lowest BCUT2D eigenvalue weighted by atomic mass is 9.56. The number of ether oxygens (including phenoxy) is 1. The van der Waals surface area contributed by atoms with Crippen LogP contribution in [0.3, 0.4) is 0 Å². The number of rotatable bonds is 9. The molecule has 29 heavy (non-hydrogen) atoms. The minimum atomic E-state index is -0.0639. The van der Waals surface area contributed by atoms with Crippen LogP contribution in [0.2, 0.25) is 0 Å². The molecule has 5 nitrogen and oxygen atoms in total. The number of fused-ring (bicyclic) bond motifs is 1. The summed E-state index contributed by atoms with van der Waals surface area (Å²) in [5.74, 6) is 1.82. The molecule has 2 atom stereocenters. The van der Waals surface area contributed by atoms with Gasteiger partial charge in [-0.2, -0.15) is 0 Å². The largest absolute Gasteiger partial charge is 0.446 e. The average molecular weight is 400 g/mol. The second-order valence-electron chi connectivity index (χ2n) is 9.61. The number of carbonyl (C=O) groups excluding carboxylic acids is 1. The lowest BCUT2D eigenvalue weighted by molar-refractivity contribution is -0.198. The topological polar surface area (TPSA) is 63.2 Å². The van der Waals surface area contributed by atoms with Crippen LogP contribution in [-0.2, 0) is 22.4 Å². The first-order valence-corrected chi connectivity index (χ1v) is 11.8. The maximum atomic E-state index is 12.4. The summed E-state index contributed by atoms with van der Waals surface area (Å²) in [7, 11) is 0. The summed E-state index contributed by atoms with van der Waals surface area (Å²) in [4.78, 5) is 17.2. The Labute approximate surface area is 175 Å². The van der Waals surface area contributed by atoms with Crippen LogP contribution in [0.1, 0.15) is 76.5 Å². The minimum Gasteiger partial charge on any atom is -0.446 e. The van der Waals surface area contributed by atoms with Gasteiger partial charge in [0, 0.05) is 24.2 Å². The van der Waals surface area contributed by atoms with Gasteiger partial charge in [0.1, 0.15) is 5.82 Å². The fourth-order valence-electron chi connectivity index (χ4n) is 5.20. The fraction of sp³-hybridized carbons (Fsp3) is 0.750. The molecule has 4 rings (SSSR count). The number of aromatic nitrogens is 1. The normalized spacial score (nSPS) is 28.6. The molecule has 1 saturated carbocycles. The number of anilines is 1. The van der Waals surface area contributed by atoms with Crippen molar-refractivity contribution >= 4 is 11.8 Å². The summed E-state index contributed by atoms with van der Waals surface area (Å²) in [5.41, 5.74) is 2.76. The molecule has 1 spiro atoms. The third-order valence-electron chi connectivity index (χ3n) is 7.22. The van der Waals surface area contributed by atoms with Gasteiger partial charge in [-0.15, -0.1) is 0 Å². The summed E-state index contributed by atoms with van der Waals surface area (Å²) < 4.78 is 5.84. The molecule has 3 aliphatic rings. The lowest BCUT2D eigenvalue weighted by Gasteiger charge is -2.58. The number of aryl methyl sites for hydroxylation is 2. The first kappa shape index (κ1) is 20.6. The highest BCUT2D eigenvalue weighted by Crippen LogP contribution is 2.53. The highest BCUT2D eigenvalue weighted by Gasteiger charge is 2.57. The molecule has 2 N–H and O–H groups in total. The van der Waals surface area contributed by atoms with Gasteiger partial charge in [0.05, 0.1) is 5.92 Å². The van der Waals surface area contributed by atoms with E-state index in [4.69, 9.17) is 9.72 Å². The smallest absolute Gasteiger partial charge is 0.310 e. The van der Waals surface area contributed by atoms with Crippen molar-refractivity contribution in [1.29, 1.82) is 0 Å². The van der Waals surface area contributed by atoms with Crippen molar-refractivity contribution in [3.05, 3.63) is 23.4 Å². The van der Waals surface area contributed by atoms with Crippen molar-refractivity contribution < 1.29 is 9.53 Å². The van der Waals surface area contributed by atoms with Gasteiger partial charge in [-0.25, -0.2) is 4.98 Å². The third kappa shape index (κ3) is 4.60. The second-order valence-corrected chi connectivity index (χ2v) is 9.61. The predicted octanol–water partition coefficient (Wildman–Crippen LogP) is 4.46. The van der Waals surface area contributed by atoms with Crippen LogP contribution in [0.15, 0.2) is 12.1 Å². The number of pyridine rings is 1. The number of hydrogen-bond acceptors (Lipinski definition) is 5. The molecule has 2 fully saturated rings. The first-order valence-electron chi connectivity index (χ1n) is 11.8. The van der Waals surface area contributed by atoms with E-state index in [9.17, 15) is 4.79 Å². The van der Waals surface area contributed by atoms with E-state index < -0.39 is 0 Å². The molecule has 0 bridgehead atoms. The van der Waals surface area contributed by atoms with Gasteiger partial charge in [-0.05, 0) is 62.5 Å². The quantitative estimate of drug-likeness (QED) is 0.474. The van der Waals surface area contributed by atoms with Gasteiger partial charge in [0.15, 0.2) is 6.23 Å². The molecule has 1 saturated heterocycles. The van der Waals surface area contributed by atoms with E-state index in [2.05, 4.69) is 29.7 Å². The highest BCUT2D eigenvalue weighted by molar-refractivity contribution is 5.72. The molecule has 2 aliphatic heterocycles. The Kier molecular flexibility index (Phi) is 6.43. The van der Waals surface area contributed by atoms with E-state index in [0.29, 0.717) is 0 Å². The van der Waals surface area contributed by atoms with Gasteiger partial charge in [-0.3, -0.25) is 10.1 Å². The SMILES string of the molecule is CCCCCC(C)C(=O)OC1NCC12CC(CCc1ccc3c(n1)NCCC3)C2. The number of nitrogens with one attached hydrogen (secondary N) is 2. The summed E-state index contributed by atoms with van der Waals surface area (Å²) >= 11 is 0. The Morgan fingerprint density at radius 2 is 2.21 bits per heavy atom. The van der Waals surface area contributed by atoms with Crippen LogP contribution in [0.5, 0.6) is 0 Å². The first-order chi connectivity index (χ1) is 14.1. The summed E-state index contributed by atoms with van der Waals surface area (Å²) in [6, 6.07) is 4.45. The summed E-state index contributed by atoms with van der Waals surface area (Å²) in [6.07, 6.45) is 11.3. The molecule has 3 heterocycles. The van der Waals surface area contributed by atoms with Crippen molar-refractivity contribution in [2.24, 2.45) is 17.3 Å². The van der Waals surface area contributed by atoms with Gasteiger partial charge in [0.25, 0.3) is 0 Å². The highest BCUT2D eigenvalue weighted by atomic mass is 16.6. The van der Waals surface area contributed by atoms with E-state index in [1.54, 1.807) is 0 Å². The summed E-state index contributed by atoms with van der Waals surface area (Å²) in [5, 5.41) is 6.79. The van der Waals surface area contributed by atoms with E-state index in [-0.39, 0.29) is 23.5 Å². The molecule has 160 valence electrons. The van der Waals surface area contributed by atoms with Gasteiger partial charge >= 0.3 is 5.97 Å². The Balaban J connectivity index is 1.20. The van der Waals surface area contributed by atoms with Crippen molar-refractivity contribution in [1.82, 2.24) is 10.3 Å². The molecule has 2 unspecified atom stereocenters. The van der Waals surface area contributed by atoms with Crippen LogP contribution in [0.25, 0.3) is 0 Å². The Morgan fingerprint density at radius 1 is 1.34 bits per heavy atom. The van der Waals surface area contributed by atoms with Crippen molar-refractivity contribution in [2.75, 3.05) is 18.4 Å². The summed E-state index contributed by atoms with van der Waals surface area (Å²) in [6.45, 7) is 6.23. The molecule has 1 aromatic heterocycles. The van der Waals surface area contributed by atoms with E-state index in [1.807, 2.05) is 6.92 Å². The zero-order chi connectivity index (χ0) is 20.3. The predicted molar refractivity (Wildman–Crippen MR) is 116 cm³/mol. The standard InChI is InChI=1S/C24H37N3O2/c1-3-4-5-7-17(2)22(28)29-23-24(16-26-23)14-18(15-24)9-11-20-12-10-19-8-6-13-25-21(19)27-20/h10,12,17-18,23,26H,3-9,11,13-16H2,1-2H3,(H,25,27). The van der Waals surface area contributed by atoms with Crippen LogP contribution >= 0.6 is 0 Å². The zero-order valence-electron chi connectivity index (χ0n) is 18.1. The van der Waals surface area contributed by atoms with E-state index in [0.717, 1.165) is 50.5 Å². The zero-order valence-corrected chi connectivity index (χ0v) is 18.1. The molecule has 5 heteroatoms. The number of unbranched alkanes of at least 4 members (excludes halogenated alkanes) is 2. The van der Waals surface area contributed by atoms with Crippen LogP contribution in [-0.4, -0.2) is 30.3 Å². The Hall–Kier alpha value is -1.62. The molecular weight excluding hydrogens is 362 g/mol. The van der Waals surface area contributed by atoms with Gasteiger partial charge in [-0.1, -0.05) is 39.2 Å². The van der Waals surface area contributed by atoms with E-state index >= 15 is 0 Å². The van der Waals surface area contributed by atoms with Gasteiger partial charge in [0.2, 0.25) is 0 Å². The maximum absolute atomic E-state index is 12.4. The molecular formula is C24H37N3O2. The second kappa shape index (κ2) is 9.03.